The molecule has 4 heteroatoms. The minimum atomic E-state index is -0.871. The van der Waals surface area contributed by atoms with E-state index in [2.05, 4.69) is 0 Å². The van der Waals surface area contributed by atoms with E-state index >= 15 is 0 Å². The van der Waals surface area contributed by atoms with E-state index in [1.54, 1.807) is 6.07 Å². The molecule has 0 bridgehead atoms. The van der Waals surface area contributed by atoms with Gasteiger partial charge in [0.25, 0.3) is 0 Å². The molecule has 2 aromatic carbocycles. The maximum Gasteiger partial charge on any atom is 0.168 e. The molecule has 0 spiro atoms. The maximum atomic E-state index is 13.7. The first-order valence-electron chi connectivity index (χ1n) is 5.48. The van der Waals surface area contributed by atoms with Crippen molar-refractivity contribution in [3.8, 4) is 11.5 Å². The molecule has 0 aliphatic rings. The van der Waals surface area contributed by atoms with E-state index < -0.39 is 17.7 Å². The zero-order valence-corrected chi connectivity index (χ0v) is 9.73. The highest BCUT2D eigenvalue weighted by atomic mass is 19.1. The summed E-state index contributed by atoms with van der Waals surface area (Å²) in [6, 6.07) is 9.66. The SMILES string of the molecule is C[C@@H](O)c1cccc(F)c1Oc1cccc(F)c1. The molecule has 0 saturated carbocycles. The fourth-order valence-corrected chi connectivity index (χ4v) is 1.61. The van der Waals surface area contributed by atoms with Crippen molar-refractivity contribution in [3.05, 3.63) is 59.7 Å². The van der Waals surface area contributed by atoms with E-state index in [-0.39, 0.29) is 11.5 Å². The summed E-state index contributed by atoms with van der Waals surface area (Å²) in [4.78, 5) is 0. The molecule has 0 fully saturated rings. The van der Waals surface area contributed by atoms with Crippen molar-refractivity contribution in [2.75, 3.05) is 0 Å². The van der Waals surface area contributed by atoms with Crippen LogP contribution in [0.5, 0.6) is 11.5 Å². The molecular formula is C14H12F2O2. The second-order valence-corrected chi connectivity index (χ2v) is 3.89. The molecule has 0 unspecified atom stereocenters. The van der Waals surface area contributed by atoms with Crippen LogP contribution in [0.3, 0.4) is 0 Å². The van der Waals surface area contributed by atoms with E-state index in [4.69, 9.17) is 4.74 Å². The number of ether oxygens (including phenoxy) is 1. The molecule has 2 rings (SSSR count). The van der Waals surface area contributed by atoms with Crippen LogP contribution in [0.4, 0.5) is 8.78 Å². The van der Waals surface area contributed by atoms with Gasteiger partial charge >= 0.3 is 0 Å². The summed E-state index contributed by atoms with van der Waals surface area (Å²) in [5.41, 5.74) is 0.319. The number of para-hydroxylation sites is 1. The summed E-state index contributed by atoms with van der Waals surface area (Å²) >= 11 is 0. The Morgan fingerprint density at radius 2 is 1.83 bits per heavy atom. The van der Waals surface area contributed by atoms with Gasteiger partial charge in [-0.1, -0.05) is 18.2 Å². The Kier molecular flexibility index (Phi) is 3.58. The van der Waals surface area contributed by atoms with Crippen LogP contribution in [-0.4, -0.2) is 5.11 Å². The first-order chi connectivity index (χ1) is 8.58. The predicted octanol–water partition coefficient (Wildman–Crippen LogP) is 3.81. The van der Waals surface area contributed by atoms with E-state index in [9.17, 15) is 13.9 Å². The molecule has 1 atom stereocenters. The van der Waals surface area contributed by atoms with Crippen molar-refractivity contribution < 1.29 is 18.6 Å². The second kappa shape index (κ2) is 5.14. The molecule has 2 aromatic rings. The molecular weight excluding hydrogens is 238 g/mol. The third-order valence-corrected chi connectivity index (χ3v) is 2.46. The Labute approximate surface area is 103 Å². The average Bonchev–Trinajstić information content (AvgIpc) is 2.31. The lowest BCUT2D eigenvalue weighted by molar-refractivity contribution is 0.194. The monoisotopic (exact) mass is 250 g/mol. The van der Waals surface area contributed by atoms with Gasteiger partial charge < -0.3 is 9.84 Å². The largest absolute Gasteiger partial charge is 0.454 e. The Morgan fingerprint density at radius 3 is 2.50 bits per heavy atom. The van der Waals surface area contributed by atoms with Crippen molar-refractivity contribution in [1.29, 1.82) is 0 Å². The zero-order chi connectivity index (χ0) is 13.1. The standard InChI is InChI=1S/C14H12F2O2/c1-9(17)12-6-3-7-13(16)14(12)18-11-5-2-4-10(15)8-11/h2-9,17H,1H3/t9-/m1/s1. The van der Waals surface area contributed by atoms with Gasteiger partial charge in [0.1, 0.15) is 11.6 Å². The molecule has 0 aromatic heterocycles. The summed E-state index contributed by atoms with van der Waals surface area (Å²) in [5.74, 6) is -0.972. The third kappa shape index (κ3) is 2.65. The lowest BCUT2D eigenvalue weighted by Gasteiger charge is -2.13. The van der Waals surface area contributed by atoms with Crippen LogP contribution in [0.25, 0.3) is 0 Å². The molecule has 0 heterocycles. The van der Waals surface area contributed by atoms with Crippen LogP contribution in [-0.2, 0) is 0 Å². The molecule has 0 amide bonds. The van der Waals surface area contributed by atoms with Crippen LogP contribution < -0.4 is 4.74 Å². The van der Waals surface area contributed by atoms with Crippen molar-refractivity contribution in [3.63, 3.8) is 0 Å². The number of benzene rings is 2. The third-order valence-electron chi connectivity index (χ3n) is 2.46. The normalized spacial score (nSPS) is 12.2. The number of hydrogen-bond donors (Lipinski definition) is 1. The Bertz CT molecular complexity index is 553. The summed E-state index contributed by atoms with van der Waals surface area (Å²) in [5, 5.41) is 9.54. The van der Waals surface area contributed by atoms with Gasteiger partial charge in [0.15, 0.2) is 11.6 Å². The number of hydrogen-bond acceptors (Lipinski definition) is 2. The lowest BCUT2D eigenvalue weighted by Crippen LogP contribution is -1.98. The Balaban J connectivity index is 2.39. The molecule has 1 N–H and O–H groups in total. The van der Waals surface area contributed by atoms with E-state index in [0.29, 0.717) is 5.56 Å². The topological polar surface area (TPSA) is 29.5 Å². The van der Waals surface area contributed by atoms with Gasteiger partial charge in [-0.25, -0.2) is 8.78 Å². The Hall–Kier alpha value is -1.94. The van der Waals surface area contributed by atoms with Crippen LogP contribution in [0.2, 0.25) is 0 Å². The molecule has 0 aliphatic carbocycles. The Morgan fingerprint density at radius 1 is 1.11 bits per heavy atom. The summed E-state index contributed by atoms with van der Waals surface area (Å²) < 4.78 is 32.0. The highest BCUT2D eigenvalue weighted by Crippen LogP contribution is 2.32. The van der Waals surface area contributed by atoms with Gasteiger partial charge in [0.05, 0.1) is 6.10 Å². The molecule has 2 nitrogen and oxygen atoms in total. The van der Waals surface area contributed by atoms with Crippen LogP contribution in [0.15, 0.2) is 42.5 Å². The minimum absolute atomic E-state index is 0.0851. The quantitative estimate of drug-likeness (QED) is 0.897. The summed E-state index contributed by atoms with van der Waals surface area (Å²) in [6.07, 6.45) is -0.871. The van der Waals surface area contributed by atoms with E-state index in [1.807, 2.05) is 0 Å². The zero-order valence-electron chi connectivity index (χ0n) is 9.73. The predicted molar refractivity (Wildman–Crippen MR) is 63.5 cm³/mol. The van der Waals surface area contributed by atoms with Gasteiger partial charge in [-0.3, -0.25) is 0 Å². The van der Waals surface area contributed by atoms with Crippen molar-refractivity contribution in [2.24, 2.45) is 0 Å². The fourth-order valence-electron chi connectivity index (χ4n) is 1.61. The van der Waals surface area contributed by atoms with Gasteiger partial charge in [-0.2, -0.15) is 0 Å². The molecule has 18 heavy (non-hydrogen) atoms. The van der Waals surface area contributed by atoms with Gasteiger partial charge in [-0.15, -0.1) is 0 Å². The maximum absolute atomic E-state index is 13.7. The first kappa shape index (κ1) is 12.5. The number of aliphatic hydroxyl groups is 1. The molecule has 0 radical (unpaired) electrons. The van der Waals surface area contributed by atoms with Crippen molar-refractivity contribution >= 4 is 0 Å². The van der Waals surface area contributed by atoms with Crippen LogP contribution in [0, 0.1) is 11.6 Å². The van der Waals surface area contributed by atoms with Crippen LogP contribution >= 0.6 is 0 Å². The second-order valence-electron chi connectivity index (χ2n) is 3.89. The van der Waals surface area contributed by atoms with Crippen molar-refractivity contribution in [2.45, 2.75) is 13.0 Å². The first-order valence-corrected chi connectivity index (χ1v) is 5.48. The number of aliphatic hydroxyl groups excluding tert-OH is 1. The molecule has 94 valence electrons. The average molecular weight is 250 g/mol. The van der Waals surface area contributed by atoms with Gasteiger partial charge in [0, 0.05) is 11.6 Å². The van der Waals surface area contributed by atoms with Crippen molar-refractivity contribution in [1.82, 2.24) is 0 Å². The molecule has 0 aliphatic heterocycles. The number of rotatable bonds is 3. The number of halogens is 2. The summed E-state index contributed by atoms with van der Waals surface area (Å²) in [7, 11) is 0. The van der Waals surface area contributed by atoms with Gasteiger partial charge in [0.2, 0.25) is 0 Å². The fraction of sp³-hybridized carbons (Fsp3) is 0.143. The van der Waals surface area contributed by atoms with E-state index in [0.717, 1.165) is 6.07 Å². The highest BCUT2D eigenvalue weighted by molar-refractivity contribution is 5.40. The van der Waals surface area contributed by atoms with Gasteiger partial charge in [-0.05, 0) is 25.1 Å². The lowest BCUT2D eigenvalue weighted by atomic mass is 10.1. The minimum Gasteiger partial charge on any atom is -0.454 e. The summed E-state index contributed by atoms with van der Waals surface area (Å²) in [6.45, 7) is 1.51. The van der Waals surface area contributed by atoms with E-state index in [1.165, 1.54) is 37.3 Å². The highest BCUT2D eigenvalue weighted by Gasteiger charge is 2.14. The smallest absolute Gasteiger partial charge is 0.168 e. The van der Waals surface area contributed by atoms with Crippen LogP contribution in [0.1, 0.15) is 18.6 Å². The molecule has 0 saturated heterocycles.